The third-order valence-corrected chi connectivity index (χ3v) is 1.21. The lowest BCUT2D eigenvalue weighted by Crippen LogP contribution is -2.04. The number of aromatic nitrogens is 1. The summed E-state index contributed by atoms with van der Waals surface area (Å²) in [5, 5.41) is 0. The molecule has 0 aromatic carbocycles. The topological polar surface area (TPSA) is 38.9 Å². The fraction of sp³-hybridized carbons (Fsp3) is 0.286. The van der Waals surface area contributed by atoms with Gasteiger partial charge in [0.05, 0.1) is 0 Å². The van der Waals surface area contributed by atoms with E-state index in [4.69, 9.17) is 5.73 Å². The monoisotopic (exact) mass is 158 g/mol. The van der Waals surface area contributed by atoms with Crippen molar-refractivity contribution in [1.82, 2.24) is 4.98 Å². The summed E-state index contributed by atoms with van der Waals surface area (Å²) in [6.07, 6.45) is 3.52. The first-order valence-electron chi connectivity index (χ1n) is 2.96. The van der Waals surface area contributed by atoms with Gasteiger partial charge >= 0.3 is 0 Å². The average molecular weight is 159 g/mol. The third kappa shape index (κ3) is 2.33. The fourth-order valence-corrected chi connectivity index (χ4v) is 0.645. The Hall–Kier alpha value is -0.600. The molecule has 0 amide bonds. The molecule has 1 atom stereocenters. The number of nitrogens with zero attached hydrogens (tertiary/aromatic N) is 1. The minimum atomic E-state index is 0. The Morgan fingerprint density at radius 2 is 2.30 bits per heavy atom. The molecule has 0 aliphatic heterocycles. The van der Waals surface area contributed by atoms with Crippen molar-refractivity contribution < 1.29 is 0 Å². The lowest BCUT2D eigenvalue weighted by atomic mass is 10.2. The predicted molar refractivity (Wildman–Crippen MR) is 44.1 cm³/mol. The number of rotatable bonds is 1. The second-order valence-electron chi connectivity index (χ2n) is 2.08. The first-order valence-corrected chi connectivity index (χ1v) is 2.96. The van der Waals surface area contributed by atoms with Gasteiger partial charge < -0.3 is 5.73 Å². The zero-order chi connectivity index (χ0) is 6.69. The average Bonchev–Trinajstić information content (AvgIpc) is 1.90. The summed E-state index contributed by atoms with van der Waals surface area (Å²) in [7, 11) is 0. The van der Waals surface area contributed by atoms with Gasteiger partial charge in [-0.3, -0.25) is 4.98 Å². The molecule has 2 nitrogen and oxygen atoms in total. The molecule has 56 valence electrons. The SMILES string of the molecule is CC(N)c1cccnc1.Cl. The van der Waals surface area contributed by atoms with E-state index >= 15 is 0 Å². The summed E-state index contributed by atoms with van der Waals surface area (Å²) in [5.41, 5.74) is 6.65. The maximum absolute atomic E-state index is 5.57. The predicted octanol–water partition coefficient (Wildman–Crippen LogP) is 1.52. The van der Waals surface area contributed by atoms with Crippen molar-refractivity contribution >= 4 is 12.4 Å². The Labute approximate surface area is 66.9 Å². The summed E-state index contributed by atoms with van der Waals surface area (Å²) in [6.45, 7) is 1.94. The molecule has 10 heavy (non-hydrogen) atoms. The molecular weight excluding hydrogens is 148 g/mol. The molecule has 0 saturated heterocycles. The minimum Gasteiger partial charge on any atom is -0.324 e. The van der Waals surface area contributed by atoms with E-state index in [1.807, 2.05) is 19.1 Å². The van der Waals surface area contributed by atoms with Crippen LogP contribution in [0.15, 0.2) is 24.5 Å². The van der Waals surface area contributed by atoms with Gasteiger partial charge in [-0.2, -0.15) is 0 Å². The second kappa shape index (κ2) is 4.25. The molecule has 0 bridgehead atoms. The summed E-state index contributed by atoms with van der Waals surface area (Å²) in [6, 6.07) is 3.95. The highest BCUT2D eigenvalue weighted by atomic mass is 35.5. The van der Waals surface area contributed by atoms with Crippen LogP contribution in [0, 0.1) is 0 Å². The zero-order valence-corrected chi connectivity index (χ0v) is 6.64. The third-order valence-electron chi connectivity index (χ3n) is 1.21. The van der Waals surface area contributed by atoms with E-state index in [1.54, 1.807) is 12.4 Å². The molecule has 0 aliphatic rings. The van der Waals surface area contributed by atoms with Gasteiger partial charge in [0, 0.05) is 18.4 Å². The Morgan fingerprint density at radius 1 is 1.60 bits per heavy atom. The van der Waals surface area contributed by atoms with Crippen LogP contribution < -0.4 is 5.73 Å². The Kier molecular flexibility index (Phi) is 4.00. The lowest BCUT2D eigenvalue weighted by Gasteiger charge is -2.01. The van der Waals surface area contributed by atoms with E-state index in [9.17, 15) is 0 Å². The minimum absolute atomic E-state index is 0. The van der Waals surface area contributed by atoms with Crippen LogP contribution in [0.3, 0.4) is 0 Å². The van der Waals surface area contributed by atoms with Crippen LogP contribution in [0.1, 0.15) is 18.5 Å². The van der Waals surface area contributed by atoms with E-state index in [-0.39, 0.29) is 18.4 Å². The molecule has 0 saturated carbocycles. The smallest absolute Gasteiger partial charge is 0.0315 e. The van der Waals surface area contributed by atoms with Crippen LogP contribution in [0.25, 0.3) is 0 Å². The first kappa shape index (κ1) is 9.40. The number of hydrogen-bond donors (Lipinski definition) is 1. The van der Waals surface area contributed by atoms with Crippen LogP contribution in [0.5, 0.6) is 0 Å². The molecule has 0 radical (unpaired) electrons. The van der Waals surface area contributed by atoms with Gasteiger partial charge in [-0.15, -0.1) is 12.4 Å². The molecule has 2 N–H and O–H groups in total. The second-order valence-corrected chi connectivity index (χ2v) is 2.08. The molecule has 3 heteroatoms. The van der Waals surface area contributed by atoms with Gasteiger partial charge in [0.15, 0.2) is 0 Å². The molecule has 1 aromatic heterocycles. The van der Waals surface area contributed by atoms with E-state index in [0.717, 1.165) is 5.56 Å². The van der Waals surface area contributed by atoms with Crippen LogP contribution in [-0.4, -0.2) is 4.98 Å². The van der Waals surface area contributed by atoms with E-state index in [0.29, 0.717) is 0 Å². The van der Waals surface area contributed by atoms with E-state index in [2.05, 4.69) is 4.98 Å². The van der Waals surface area contributed by atoms with Crippen molar-refractivity contribution in [2.24, 2.45) is 5.73 Å². The maximum atomic E-state index is 5.57. The lowest BCUT2D eigenvalue weighted by molar-refractivity contribution is 0.811. The standard InChI is InChI=1S/C7H10N2.ClH/c1-6(8)7-3-2-4-9-5-7;/h2-6H,8H2,1H3;1H. The first-order chi connectivity index (χ1) is 4.30. The van der Waals surface area contributed by atoms with Crippen molar-refractivity contribution in [3.63, 3.8) is 0 Å². The zero-order valence-electron chi connectivity index (χ0n) is 5.82. The highest BCUT2D eigenvalue weighted by Gasteiger charge is 1.94. The molecular formula is C7H11ClN2. The fourth-order valence-electron chi connectivity index (χ4n) is 0.645. The summed E-state index contributed by atoms with van der Waals surface area (Å²) in [4.78, 5) is 3.93. The molecule has 1 unspecified atom stereocenters. The normalized spacial score (nSPS) is 11.8. The number of hydrogen-bond acceptors (Lipinski definition) is 2. The molecule has 0 fully saturated rings. The molecule has 0 spiro atoms. The Balaban J connectivity index is 0.000000810. The van der Waals surface area contributed by atoms with Crippen molar-refractivity contribution in [3.05, 3.63) is 30.1 Å². The summed E-state index contributed by atoms with van der Waals surface area (Å²) >= 11 is 0. The largest absolute Gasteiger partial charge is 0.324 e. The molecule has 1 heterocycles. The van der Waals surface area contributed by atoms with Crippen molar-refractivity contribution in [3.8, 4) is 0 Å². The van der Waals surface area contributed by atoms with Gasteiger partial charge in [0.1, 0.15) is 0 Å². The quantitative estimate of drug-likeness (QED) is 0.673. The van der Waals surface area contributed by atoms with E-state index < -0.39 is 0 Å². The summed E-state index contributed by atoms with van der Waals surface area (Å²) in [5.74, 6) is 0. The highest BCUT2D eigenvalue weighted by molar-refractivity contribution is 5.85. The van der Waals surface area contributed by atoms with Gasteiger partial charge in [-0.1, -0.05) is 6.07 Å². The van der Waals surface area contributed by atoms with E-state index in [1.165, 1.54) is 0 Å². The number of halogens is 1. The number of nitrogens with two attached hydrogens (primary N) is 1. The van der Waals surface area contributed by atoms with Crippen LogP contribution in [0.2, 0.25) is 0 Å². The van der Waals surface area contributed by atoms with Gasteiger partial charge in [-0.05, 0) is 18.6 Å². The maximum Gasteiger partial charge on any atom is 0.0315 e. The Bertz CT molecular complexity index is 174. The highest BCUT2D eigenvalue weighted by Crippen LogP contribution is 2.04. The van der Waals surface area contributed by atoms with Crippen molar-refractivity contribution in [2.75, 3.05) is 0 Å². The molecule has 1 aromatic rings. The van der Waals surface area contributed by atoms with Crippen LogP contribution >= 0.6 is 12.4 Å². The summed E-state index contributed by atoms with van der Waals surface area (Å²) < 4.78 is 0. The van der Waals surface area contributed by atoms with Gasteiger partial charge in [0.25, 0.3) is 0 Å². The number of pyridine rings is 1. The van der Waals surface area contributed by atoms with Crippen LogP contribution in [-0.2, 0) is 0 Å². The Morgan fingerprint density at radius 3 is 2.60 bits per heavy atom. The van der Waals surface area contributed by atoms with Gasteiger partial charge in [-0.25, -0.2) is 0 Å². The molecule has 0 aliphatic carbocycles. The van der Waals surface area contributed by atoms with Crippen molar-refractivity contribution in [1.29, 1.82) is 0 Å². The molecule has 1 rings (SSSR count). The van der Waals surface area contributed by atoms with Crippen LogP contribution in [0.4, 0.5) is 0 Å². The van der Waals surface area contributed by atoms with Crippen molar-refractivity contribution in [2.45, 2.75) is 13.0 Å². The van der Waals surface area contributed by atoms with Gasteiger partial charge in [0.2, 0.25) is 0 Å².